The van der Waals surface area contributed by atoms with Gasteiger partial charge in [0.2, 0.25) is 0 Å². The van der Waals surface area contributed by atoms with E-state index in [4.69, 9.17) is 0 Å². The Labute approximate surface area is 69.0 Å². The molecule has 1 saturated carbocycles. The Balaban J connectivity index is 2.07. The summed E-state index contributed by atoms with van der Waals surface area (Å²) in [5, 5.41) is 0. The molecule has 1 unspecified atom stereocenters. The third-order valence-electron chi connectivity index (χ3n) is 2.83. The minimum atomic E-state index is 0.927. The lowest BCUT2D eigenvalue weighted by molar-refractivity contribution is 0.667. The van der Waals surface area contributed by atoms with Gasteiger partial charge >= 0.3 is 0 Å². The molecule has 0 amide bonds. The maximum Gasteiger partial charge on any atom is -0.0125 e. The lowest BCUT2D eigenvalue weighted by Crippen LogP contribution is -1.93. The van der Waals surface area contributed by atoms with Crippen molar-refractivity contribution in [3.05, 3.63) is 23.3 Å². The minimum absolute atomic E-state index is 0.927. The van der Waals surface area contributed by atoms with Crippen LogP contribution in [0.15, 0.2) is 23.3 Å². The molecular formula is C11H16. The van der Waals surface area contributed by atoms with Gasteiger partial charge in [-0.25, -0.2) is 0 Å². The van der Waals surface area contributed by atoms with Crippen LogP contribution in [0.3, 0.4) is 0 Å². The van der Waals surface area contributed by atoms with Gasteiger partial charge in [0.05, 0.1) is 0 Å². The fourth-order valence-corrected chi connectivity index (χ4v) is 2.19. The summed E-state index contributed by atoms with van der Waals surface area (Å²) in [4.78, 5) is 0. The van der Waals surface area contributed by atoms with Gasteiger partial charge in [-0.1, -0.05) is 31.1 Å². The van der Waals surface area contributed by atoms with Gasteiger partial charge in [-0.2, -0.15) is 0 Å². The van der Waals surface area contributed by atoms with Crippen LogP contribution in [0.5, 0.6) is 0 Å². The van der Waals surface area contributed by atoms with Crippen LogP contribution in [0, 0.1) is 5.92 Å². The maximum atomic E-state index is 2.44. The lowest BCUT2D eigenvalue weighted by atomic mass is 9.98. The van der Waals surface area contributed by atoms with Gasteiger partial charge in [0.1, 0.15) is 0 Å². The number of rotatable bonds is 2. The lowest BCUT2D eigenvalue weighted by Gasteiger charge is -2.07. The van der Waals surface area contributed by atoms with Crippen LogP contribution in [0.4, 0.5) is 0 Å². The third-order valence-corrected chi connectivity index (χ3v) is 2.83. The molecule has 0 heteroatoms. The average Bonchev–Trinajstić information content (AvgIpc) is 2.60. The van der Waals surface area contributed by atoms with Crippen molar-refractivity contribution in [1.29, 1.82) is 0 Å². The molecule has 0 spiro atoms. The minimum Gasteiger partial charge on any atom is -0.0810 e. The number of hydrogen-bond acceptors (Lipinski definition) is 0. The van der Waals surface area contributed by atoms with Crippen molar-refractivity contribution in [2.75, 3.05) is 0 Å². The first-order chi connectivity index (χ1) is 5.40. The van der Waals surface area contributed by atoms with Crippen molar-refractivity contribution in [2.24, 2.45) is 5.92 Å². The summed E-state index contributed by atoms with van der Waals surface area (Å²) in [6.07, 6.45) is 11.6. The van der Waals surface area contributed by atoms with Gasteiger partial charge < -0.3 is 0 Å². The highest BCUT2D eigenvalue weighted by Crippen LogP contribution is 2.43. The summed E-state index contributed by atoms with van der Waals surface area (Å²) >= 11 is 0. The largest absolute Gasteiger partial charge is 0.0810 e. The molecule has 0 aliphatic heterocycles. The smallest absolute Gasteiger partial charge is 0.0125 e. The Hall–Kier alpha value is -0.520. The fraction of sp³-hybridized carbons (Fsp3) is 0.636. The molecule has 11 heavy (non-hydrogen) atoms. The number of unbranched alkanes of at least 4 members (excludes halogenated alkanes) is 1. The molecule has 0 aromatic rings. The van der Waals surface area contributed by atoms with E-state index in [-0.39, 0.29) is 0 Å². The SMILES string of the molecule is CCC/C=C1/C=C2CCC1C2. The van der Waals surface area contributed by atoms with Crippen molar-refractivity contribution in [2.45, 2.75) is 39.0 Å². The summed E-state index contributed by atoms with van der Waals surface area (Å²) < 4.78 is 0. The van der Waals surface area contributed by atoms with E-state index in [1.54, 1.807) is 11.1 Å². The molecule has 2 aliphatic carbocycles. The zero-order valence-electron chi connectivity index (χ0n) is 7.27. The quantitative estimate of drug-likeness (QED) is 0.562. The number of fused-ring (bicyclic) bond motifs is 2. The highest BCUT2D eigenvalue weighted by atomic mass is 14.3. The predicted molar refractivity (Wildman–Crippen MR) is 48.4 cm³/mol. The third kappa shape index (κ3) is 1.26. The van der Waals surface area contributed by atoms with Gasteiger partial charge in [-0.05, 0) is 37.2 Å². The molecule has 2 rings (SSSR count). The number of allylic oxidation sites excluding steroid dienone is 4. The summed E-state index contributed by atoms with van der Waals surface area (Å²) in [5.74, 6) is 0.927. The van der Waals surface area contributed by atoms with E-state index in [0.29, 0.717) is 0 Å². The summed E-state index contributed by atoms with van der Waals surface area (Å²) in [6.45, 7) is 2.25. The zero-order chi connectivity index (χ0) is 7.68. The summed E-state index contributed by atoms with van der Waals surface area (Å²) in [6, 6.07) is 0. The Bertz CT molecular complexity index is 208. The van der Waals surface area contributed by atoms with Crippen LogP contribution in [-0.4, -0.2) is 0 Å². The molecule has 0 aromatic carbocycles. The van der Waals surface area contributed by atoms with Crippen molar-refractivity contribution in [3.63, 3.8) is 0 Å². The zero-order valence-corrected chi connectivity index (χ0v) is 7.27. The van der Waals surface area contributed by atoms with E-state index in [0.717, 1.165) is 5.92 Å². The molecule has 0 nitrogen and oxygen atoms in total. The Morgan fingerprint density at radius 1 is 1.64 bits per heavy atom. The Kier molecular flexibility index (Phi) is 1.85. The normalized spacial score (nSPS) is 31.5. The topological polar surface area (TPSA) is 0 Å². The Morgan fingerprint density at radius 3 is 3.09 bits per heavy atom. The molecule has 1 fully saturated rings. The Morgan fingerprint density at radius 2 is 2.55 bits per heavy atom. The predicted octanol–water partition coefficient (Wildman–Crippen LogP) is 3.45. The average molecular weight is 148 g/mol. The van der Waals surface area contributed by atoms with Gasteiger partial charge in [0.25, 0.3) is 0 Å². The highest BCUT2D eigenvalue weighted by Gasteiger charge is 2.27. The van der Waals surface area contributed by atoms with Crippen LogP contribution < -0.4 is 0 Å². The molecule has 60 valence electrons. The van der Waals surface area contributed by atoms with Crippen molar-refractivity contribution in [3.8, 4) is 0 Å². The summed E-state index contributed by atoms with van der Waals surface area (Å²) in [7, 11) is 0. The van der Waals surface area contributed by atoms with Crippen molar-refractivity contribution < 1.29 is 0 Å². The molecular weight excluding hydrogens is 132 g/mol. The molecule has 0 saturated heterocycles. The van der Waals surface area contributed by atoms with Gasteiger partial charge in [0, 0.05) is 0 Å². The van der Waals surface area contributed by atoms with E-state index >= 15 is 0 Å². The first kappa shape index (κ1) is 7.15. The molecule has 0 N–H and O–H groups in total. The standard InChI is InChI=1S/C11H16/c1-2-3-4-10-7-9-5-6-11(10)8-9/h4,7,11H,2-3,5-6,8H2,1H3/b10-4-. The summed E-state index contributed by atoms with van der Waals surface area (Å²) in [5.41, 5.74) is 3.35. The second-order valence-corrected chi connectivity index (χ2v) is 3.74. The van der Waals surface area contributed by atoms with Crippen LogP contribution in [0.1, 0.15) is 39.0 Å². The van der Waals surface area contributed by atoms with Gasteiger partial charge in [0.15, 0.2) is 0 Å². The molecule has 2 bridgehead atoms. The van der Waals surface area contributed by atoms with Crippen LogP contribution in [0.2, 0.25) is 0 Å². The number of hydrogen-bond donors (Lipinski definition) is 0. The first-order valence-corrected chi connectivity index (χ1v) is 4.79. The van der Waals surface area contributed by atoms with Crippen LogP contribution >= 0.6 is 0 Å². The molecule has 0 heterocycles. The molecule has 2 aliphatic rings. The van der Waals surface area contributed by atoms with Gasteiger partial charge in [-0.3, -0.25) is 0 Å². The first-order valence-electron chi connectivity index (χ1n) is 4.79. The van der Waals surface area contributed by atoms with Crippen molar-refractivity contribution >= 4 is 0 Å². The molecule has 0 radical (unpaired) electrons. The molecule has 0 aromatic heterocycles. The van der Waals surface area contributed by atoms with Crippen LogP contribution in [0.25, 0.3) is 0 Å². The van der Waals surface area contributed by atoms with Crippen LogP contribution in [-0.2, 0) is 0 Å². The molecule has 1 atom stereocenters. The highest BCUT2D eigenvalue weighted by molar-refractivity contribution is 5.37. The van der Waals surface area contributed by atoms with Gasteiger partial charge in [-0.15, -0.1) is 0 Å². The second-order valence-electron chi connectivity index (χ2n) is 3.74. The monoisotopic (exact) mass is 148 g/mol. The fourth-order valence-electron chi connectivity index (χ4n) is 2.19. The van der Waals surface area contributed by atoms with E-state index < -0.39 is 0 Å². The van der Waals surface area contributed by atoms with Crippen molar-refractivity contribution in [1.82, 2.24) is 0 Å². The second kappa shape index (κ2) is 2.84. The van der Waals surface area contributed by atoms with E-state index in [1.165, 1.54) is 32.1 Å². The van der Waals surface area contributed by atoms with E-state index in [2.05, 4.69) is 19.1 Å². The van der Waals surface area contributed by atoms with E-state index in [9.17, 15) is 0 Å². The maximum absolute atomic E-state index is 2.44. The van der Waals surface area contributed by atoms with E-state index in [1.807, 2.05) is 0 Å².